The Kier molecular flexibility index (Phi) is 7.72. The highest BCUT2D eigenvalue weighted by atomic mass is 127. The van der Waals surface area contributed by atoms with Crippen LogP contribution in [0.15, 0.2) is 64.3 Å². The Morgan fingerprint density at radius 2 is 2.00 bits per heavy atom. The van der Waals surface area contributed by atoms with Gasteiger partial charge in [0.1, 0.15) is 12.3 Å². The number of fused-ring (bicyclic) bond motifs is 1. The molecule has 6 heteroatoms. The van der Waals surface area contributed by atoms with Crippen molar-refractivity contribution in [2.45, 2.75) is 19.9 Å². The van der Waals surface area contributed by atoms with Crippen molar-refractivity contribution in [1.29, 1.82) is 0 Å². The molecular formula is C19H23IN4O. The van der Waals surface area contributed by atoms with Crippen LogP contribution < -0.4 is 10.6 Å². The first-order valence-electron chi connectivity index (χ1n) is 8.24. The Labute approximate surface area is 165 Å². The monoisotopic (exact) mass is 450 g/mol. The molecule has 0 unspecified atom stereocenters. The molecule has 3 rings (SSSR count). The van der Waals surface area contributed by atoms with E-state index in [-0.39, 0.29) is 24.0 Å². The number of benzene rings is 1. The number of nitrogens with zero attached hydrogens (tertiary/aromatic N) is 2. The Morgan fingerprint density at radius 3 is 2.80 bits per heavy atom. The lowest BCUT2D eigenvalue weighted by molar-refractivity contribution is 0.512. The third kappa shape index (κ3) is 5.45. The van der Waals surface area contributed by atoms with Crippen molar-refractivity contribution in [2.24, 2.45) is 4.99 Å². The van der Waals surface area contributed by atoms with Gasteiger partial charge >= 0.3 is 0 Å². The van der Waals surface area contributed by atoms with E-state index in [9.17, 15) is 0 Å². The summed E-state index contributed by atoms with van der Waals surface area (Å²) in [5, 5.41) is 7.79. The van der Waals surface area contributed by atoms with Crippen LogP contribution >= 0.6 is 24.0 Å². The number of guanidine groups is 1. The highest BCUT2D eigenvalue weighted by Gasteiger charge is 2.03. The second-order valence-corrected chi connectivity index (χ2v) is 5.44. The number of halogens is 1. The fourth-order valence-electron chi connectivity index (χ4n) is 2.59. The maximum absolute atomic E-state index is 5.31. The third-order valence-electron chi connectivity index (χ3n) is 3.72. The molecule has 3 aromatic rings. The van der Waals surface area contributed by atoms with E-state index in [1.54, 1.807) is 6.26 Å². The number of hydrogen-bond donors (Lipinski definition) is 2. The van der Waals surface area contributed by atoms with Crippen molar-refractivity contribution >= 4 is 40.8 Å². The third-order valence-corrected chi connectivity index (χ3v) is 3.72. The smallest absolute Gasteiger partial charge is 0.191 e. The molecule has 2 aromatic heterocycles. The molecule has 0 aliphatic heterocycles. The van der Waals surface area contributed by atoms with Gasteiger partial charge in [-0.1, -0.05) is 24.3 Å². The highest BCUT2D eigenvalue weighted by Crippen LogP contribution is 2.15. The largest absolute Gasteiger partial charge is 0.467 e. The second kappa shape index (κ2) is 10.0. The molecule has 2 N–H and O–H groups in total. The second-order valence-electron chi connectivity index (χ2n) is 5.44. The fraction of sp³-hybridized carbons (Fsp3) is 0.263. The summed E-state index contributed by atoms with van der Waals surface area (Å²) in [5.74, 6) is 1.65. The van der Waals surface area contributed by atoms with E-state index in [0.717, 1.165) is 36.7 Å². The molecule has 0 bridgehead atoms. The van der Waals surface area contributed by atoms with E-state index >= 15 is 0 Å². The van der Waals surface area contributed by atoms with E-state index in [1.165, 1.54) is 10.9 Å². The van der Waals surface area contributed by atoms with Crippen LogP contribution in [0.3, 0.4) is 0 Å². The van der Waals surface area contributed by atoms with Crippen LogP contribution in [-0.2, 0) is 13.0 Å². The van der Waals surface area contributed by atoms with Crippen LogP contribution in [0.2, 0.25) is 0 Å². The number of furan rings is 1. The Morgan fingerprint density at radius 1 is 1.12 bits per heavy atom. The minimum Gasteiger partial charge on any atom is -0.467 e. The molecule has 0 radical (unpaired) electrons. The van der Waals surface area contributed by atoms with Crippen molar-refractivity contribution in [3.8, 4) is 0 Å². The number of nitrogens with one attached hydrogen (secondary N) is 2. The van der Waals surface area contributed by atoms with Gasteiger partial charge in [-0.2, -0.15) is 0 Å². The summed E-state index contributed by atoms with van der Waals surface area (Å²) in [7, 11) is 0. The summed E-state index contributed by atoms with van der Waals surface area (Å²) >= 11 is 0. The first-order valence-corrected chi connectivity index (χ1v) is 8.24. The molecule has 1 aromatic carbocycles. The average Bonchev–Trinajstić information content (AvgIpc) is 3.13. The Bertz CT molecular complexity index is 797. The predicted molar refractivity (Wildman–Crippen MR) is 112 cm³/mol. The molecule has 0 aliphatic carbocycles. The number of aliphatic imine (C=N–C) groups is 1. The summed E-state index contributed by atoms with van der Waals surface area (Å²) in [6, 6.07) is 14.2. The maximum atomic E-state index is 5.31. The van der Waals surface area contributed by atoms with Gasteiger partial charge in [0.05, 0.1) is 11.8 Å². The summed E-state index contributed by atoms with van der Waals surface area (Å²) in [5.41, 5.74) is 2.31. The van der Waals surface area contributed by atoms with Gasteiger partial charge in [-0.3, -0.25) is 4.98 Å². The first-order chi connectivity index (χ1) is 11.9. The number of rotatable bonds is 6. The zero-order chi connectivity index (χ0) is 16.6. The molecule has 0 atom stereocenters. The zero-order valence-corrected chi connectivity index (χ0v) is 16.6. The van der Waals surface area contributed by atoms with Crippen LogP contribution in [0, 0.1) is 0 Å². The van der Waals surface area contributed by atoms with Gasteiger partial charge in [-0.05, 0) is 37.1 Å². The van der Waals surface area contributed by atoms with Crippen molar-refractivity contribution in [2.75, 3.05) is 13.1 Å². The van der Waals surface area contributed by atoms with Crippen LogP contribution in [-0.4, -0.2) is 24.0 Å². The lowest BCUT2D eigenvalue weighted by Crippen LogP contribution is -2.38. The molecule has 5 nitrogen and oxygen atoms in total. The van der Waals surface area contributed by atoms with Gasteiger partial charge in [0.25, 0.3) is 0 Å². The van der Waals surface area contributed by atoms with Gasteiger partial charge in [0.2, 0.25) is 0 Å². The predicted octanol–water partition coefficient (Wildman–Crippen LogP) is 3.74. The van der Waals surface area contributed by atoms with Crippen LogP contribution in [0.4, 0.5) is 0 Å². The molecule has 0 spiro atoms. The minimum atomic E-state index is 0. The minimum absolute atomic E-state index is 0. The van der Waals surface area contributed by atoms with Crippen LogP contribution in [0.25, 0.3) is 10.9 Å². The number of aromatic nitrogens is 1. The molecule has 0 fully saturated rings. The van der Waals surface area contributed by atoms with Gasteiger partial charge in [-0.15, -0.1) is 24.0 Å². The maximum Gasteiger partial charge on any atom is 0.191 e. The van der Waals surface area contributed by atoms with Crippen LogP contribution in [0.1, 0.15) is 18.2 Å². The van der Waals surface area contributed by atoms with Crippen molar-refractivity contribution < 1.29 is 4.42 Å². The summed E-state index contributed by atoms with van der Waals surface area (Å²) in [6.07, 6.45) is 4.40. The molecular weight excluding hydrogens is 427 g/mol. The number of hydrogen-bond acceptors (Lipinski definition) is 3. The first kappa shape index (κ1) is 19.2. The topological polar surface area (TPSA) is 62.5 Å². The molecule has 0 saturated carbocycles. The Hall–Kier alpha value is -2.09. The van der Waals surface area contributed by atoms with E-state index in [1.807, 2.05) is 24.4 Å². The lowest BCUT2D eigenvalue weighted by atomic mass is 10.1. The summed E-state index contributed by atoms with van der Waals surface area (Å²) in [4.78, 5) is 9.03. The highest BCUT2D eigenvalue weighted by molar-refractivity contribution is 14.0. The number of pyridine rings is 1. The van der Waals surface area contributed by atoms with Gasteiger partial charge < -0.3 is 15.1 Å². The molecule has 0 saturated heterocycles. The van der Waals surface area contributed by atoms with E-state index < -0.39 is 0 Å². The molecule has 2 heterocycles. The van der Waals surface area contributed by atoms with Gasteiger partial charge in [0, 0.05) is 24.7 Å². The van der Waals surface area contributed by atoms with E-state index in [0.29, 0.717) is 6.54 Å². The SMILES string of the molecule is CCNC(=NCc1ccco1)NCCc1cccc2cccnc12.I. The lowest BCUT2D eigenvalue weighted by Gasteiger charge is -2.11. The van der Waals surface area contributed by atoms with E-state index in [2.05, 4.69) is 51.8 Å². The summed E-state index contributed by atoms with van der Waals surface area (Å²) < 4.78 is 5.31. The standard InChI is InChI=1S/C19H22N4O.HI/c1-2-20-19(23-14-17-9-5-13-24-17)22-12-10-16-7-3-6-15-8-4-11-21-18(15)16;/h3-9,11,13H,2,10,12,14H2,1H3,(H2,20,22,23);1H. The average molecular weight is 450 g/mol. The molecule has 0 aliphatic rings. The van der Waals surface area contributed by atoms with Crippen molar-refractivity contribution in [3.63, 3.8) is 0 Å². The Balaban J connectivity index is 0.00000225. The van der Waals surface area contributed by atoms with Crippen LogP contribution in [0.5, 0.6) is 0 Å². The quantitative estimate of drug-likeness (QED) is 0.341. The van der Waals surface area contributed by atoms with Gasteiger partial charge in [-0.25, -0.2) is 4.99 Å². The van der Waals surface area contributed by atoms with E-state index in [4.69, 9.17) is 4.42 Å². The van der Waals surface area contributed by atoms with Crippen molar-refractivity contribution in [3.05, 3.63) is 66.2 Å². The normalized spacial score (nSPS) is 11.2. The molecule has 0 amide bonds. The van der Waals surface area contributed by atoms with Crippen molar-refractivity contribution in [1.82, 2.24) is 15.6 Å². The fourth-order valence-corrected chi connectivity index (χ4v) is 2.59. The number of para-hydroxylation sites is 1. The summed E-state index contributed by atoms with van der Waals surface area (Å²) in [6.45, 7) is 4.19. The van der Waals surface area contributed by atoms with Gasteiger partial charge in [0.15, 0.2) is 5.96 Å². The molecule has 132 valence electrons. The molecule has 25 heavy (non-hydrogen) atoms. The zero-order valence-electron chi connectivity index (χ0n) is 14.2.